The lowest BCUT2D eigenvalue weighted by Gasteiger charge is -2.36. The van der Waals surface area contributed by atoms with E-state index in [2.05, 4.69) is 41.8 Å². The fourth-order valence-electron chi connectivity index (χ4n) is 8.02. The van der Waals surface area contributed by atoms with Crippen molar-refractivity contribution in [3.63, 3.8) is 0 Å². The number of piperazine rings is 1. The van der Waals surface area contributed by atoms with Crippen LogP contribution in [-0.2, 0) is 49.6 Å². The van der Waals surface area contributed by atoms with Crippen LogP contribution in [0.3, 0.4) is 0 Å². The van der Waals surface area contributed by atoms with Gasteiger partial charge in [-0.05, 0) is 47.9 Å². The molecule has 2 aromatic carbocycles. The number of hydrogen-bond acceptors (Lipinski definition) is 10. The molecule has 0 spiro atoms. The Kier molecular flexibility index (Phi) is 16.9. The molecule has 3 aromatic rings. The second-order valence-electron chi connectivity index (χ2n) is 18.4. The number of hydrogen-bond donors (Lipinski definition) is 9. The molecule has 6 unspecified atom stereocenters. The van der Waals surface area contributed by atoms with Crippen molar-refractivity contribution >= 4 is 69.9 Å². The molecule has 356 valence electrons. The fourth-order valence-corrected chi connectivity index (χ4v) is 8.02. The van der Waals surface area contributed by atoms with E-state index in [0.717, 1.165) is 11.2 Å². The number of carboxylic acids is 2. The van der Waals surface area contributed by atoms with Gasteiger partial charge in [-0.2, -0.15) is 0 Å². The topological polar surface area (TPSA) is 289 Å². The maximum Gasteiger partial charge on any atom is 0.305 e. The predicted molar refractivity (Wildman–Crippen MR) is 241 cm³/mol. The Labute approximate surface area is 382 Å². The lowest BCUT2D eigenvalue weighted by atomic mass is 9.87. The summed E-state index contributed by atoms with van der Waals surface area (Å²) in [6, 6.07) is 7.05. The van der Waals surface area contributed by atoms with Crippen LogP contribution < -0.4 is 36.8 Å². The summed E-state index contributed by atoms with van der Waals surface area (Å²) in [7, 11) is 0. The summed E-state index contributed by atoms with van der Waals surface area (Å²) in [5, 5.41) is 35.6. The van der Waals surface area contributed by atoms with Gasteiger partial charge in [0.25, 0.3) is 0 Å². The van der Waals surface area contributed by atoms with Gasteiger partial charge in [-0.25, -0.2) is 0 Å². The Morgan fingerprint density at radius 2 is 1.06 bits per heavy atom. The largest absolute Gasteiger partial charge is 0.481 e. The molecule has 2 aliphatic heterocycles. The Hall–Kier alpha value is -6.99. The van der Waals surface area contributed by atoms with Crippen LogP contribution in [-0.4, -0.2) is 136 Å². The maximum atomic E-state index is 14.4. The SMILES string of the molecule is CC(C)CC1NC(=O)C(CC(C)(C)C)NC(=O)C(CC(=O)O)NC(=O)C(CC(=O)N2CCN(c3ccccc3)CC2)NC(=O)C(CC(=O)O)NC(=O)C(Cc2c[nH]c3ccccc23)NC1=O. The molecule has 2 aliphatic rings. The van der Waals surface area contributed by atoms with Gasteiger partial charge >= 0.3 is 11.9 Å². The molecule has 7 amide bonds. The molecule has 0 bridgehead atoms. The lowest BCUT2D eigenvalue weighted by molar-refractivity contribution is -0.143. The first kappa shape index (κ1) is 50.0. The smallest absolute Gasteiger partial charge is 0.305 e. The number of H-pyrrole nitrogens is 1. The van der Waals surface area contributed by atoms with Crippen LogP contribution in [0.2, 0.25) is 0 Å². The Morgan fingerprint density at radius 3 is 1.61 bits per heavy atom. The van der Waals surface area contributed by atoms with E-state index in [1.807, 2.05) is 30.3 Å². The molecule has 6 atom stereocenters. The number of amides is 7. The zero-order valence-electron chi connectivity index (χ0n) is 37.8. The van der Waals surface area contributed by atoms with Crippen LogP contribution in [0.5, 0.6) is 0 Å². The van der Waals surface area contributed by atoms with Gasteiger partial charge < -0.3 is 56.9 Å². The number of anilines is 1. The van der Waals surface area contributed by atoms with Gasteiger partial charge in [0.05, 0.1) is 19.3 Å². The van der Waals surface area contributed by atoms with Crippen molar-refractivity contribution in [2.75, 3.05) is 31.1 Å². The van der Waals surface area contributed by atoms with Crippen LogP contribution in [0.25, 0.3) is 10.9 Å². The maximum absolute atomic E-state index is 14.4. The molecule has 0 radical (unpaired) electrons. The van der Waals surface area contributed by atoms with Crippen molar-refractivity contribution in [3.8, 4) is 0 Å². The number of nitrogens with zero attached hydrogens (tertiary/aromatic N) is 2. The minimum Gasteiger partial charge on any atom is -0.481 e. The lowest BCUT2D eigenvalue weighted by Crippen LogP contribution is -2.62. The second-order valence-corrected chi connectivity index (χ2v) is 18.4. The minimum absolute atomic E-state index is 0.00436. The Balaban J connectivity index is 1.54. The number of aromatic nitrogens is 1. The minimum atomic E-state index is -1.88. The third-order valence-electron chi connectivity index (χ3n) is 11.3. The molecule has 20 nitrogen and oxygen atoms in total. The molecule has 2 fully saturated rings. The van der Waals surface area contributed by atoms with E-state index in [0.29, 0.717) is 24.0 Å². The molecule has 5 rings (SSSR count). The number of aromatic amines is 1. The van der Waals surface area contributed by atoms with E-state index < -0.39 is 114 Å². The Morgan fingerprint density at radius 1 is 0.606 bits per heavy atom. The zero-order valence-corrected chi connectivity index (χ0v) is 37.8. The van der Waals surface area contributed by atoms with Gasteiger partial charge in [0.2, 0.25) is 41.4 Å². The highest BCUT2D eigenvalue weighted by molar-refractivity contribution is 6.01. The highest BCUT2D eigenvalue weighted by Crippen LogP contribution is 2.23. The monoisotopic (exact) mass is 915 g/mol. The third kappa shape index (κ3) is 14.3. The van der Waals surface area contributed by atoms with E-state index in [1.165, 1.54) is 4.90 Å². The van der Waals surface area contributed by atoms with E-state index in [4.69, 9.17) is 0 Å². The molecule has 66 heavy (non-hydrogen) atoms. The summed E-state index contributed by atoms with van der Waals surface area (Å²) in [5.74, 6) is -9.83. The van der Waals surface area contributed by atoms with Gasteiger partial charge in [0.1, 0.15) is 36.3 Å². The summed E-state index contributed by atoms with van der Waals surface area (Å²) < 4.78 is 0. The van der Waals surface area contributed by atoms with Gasteiger partial charge in [-0.1, -0.05) is 71.0 Å². The first-order chi connectivity index (χ1) is 31.2. The number of carbonyl (C=O) groups excluding carboxylic acids is 7. The molecule has 0 aliphatic carbocycles. The van der Waals surface area contributed by atoms with Gasteiger partial charge in [0.15, 0.2) is 0 Å². The number of rotatable bonds is 12. The summed E-state index contributed by atoms with van der Waals surface area (Å²) >= 11 is 0. The number of carboxylic acid groups (broad SMARTS) is 2. The average molecular weight is 916 g/mol. The van der Waals surface area contributed by atoms with E-state index in [9.17, 15) is 53.4 Å². The van der Waals surface area contributed by atoms with Crippen LogP contribution in [0.15, 0.2) is 60.8 Å². The second kappa shape index (κ2) is 22.3. The third-order valence-corrected chi connectivity index (χ3v) is 11.3. The number of para-hydroxylation sites is 2. The van der Waals surface area contributed by atoms with Crippen molar-refractivity contribution in [1.29, 1.82) is 0 Å². The quantitative estimate of drug-likeness (QED) is 0.122. The highest BCUT2D eigenvalue weighted by Gasteiger charge is 2.38. The molecule has 2 saturated heterocycles. The molecular formula is C46H61N9O11. The van der Waals surface area contributed by atoms with Crippen molar-refractivity contribution in [3.05, 3.63) is 66.4 Å². The highest BCUT2D eigenvalue weighted by atomic mass is 16.4. The summed E-state index contributed by atoms with van der Waals surface area (Å²) in [6.07, 6.45) is -1.13. The number of aliphatic carboxylic acids is 2. The van der Waals surface area contributed by atoms with Gasteiger partial charge in [0, 0.05) is 55.4 Å². The summed E-state index contributed by atoms with van der Waals surface area (Å²) in [4.78, 5) is 130. The molecule has 3 heterocycles. The normalized spacial score (nSPS) is 23.1. The first-order valence-electron chi connectivity index (χ1n) is 22.1. The first-order valence-corrected chi connectivity index (χ1v) is 22.1. The average Bonchev–Trinajstić information content (AvgIpc) is 3.66. The fraction of sp³-hybridized carbons (Fsp3) is 0.500. The number of benzene rings is 2. The summed E-state index contributed by atoms with van der Waals surface area (Å²) in [6.45, 7) is 10.3. The van der Waals surface area contributed by atoms with Crippen LogP contribution in [0, 0.1) is 11.3 Å². The van der Waals surface area contributed by atoms with Gasteiger partial charge in [-0.15, -0.1) is 0 Å². The van der Waals surface area contributed by atoms with Crippen LogP contribution in [0.1, 0.15) is 72.3 Å². The van der Waals surface area contributed by atoms with Gasteiger partial charge in [-0.3, -0.25) is 43.2 Å². The number of fused-ring (bicyclic) bond motifs is 1. The molecule has 0 saturated carbocycles. The summed E-state index contributed by atoms with van der Waals surface area (Å²) in [5.41, 5.74) is 1.63. The number of carbonyl (C=O) groups is 9. The molecule has 1 aromatic heterocycles. The zero-order chi connectivity index (χ0) is 48.3. The van der Waals surface area contributed by atoms with Crippen molar-refractivity contribution in [2.24, 2.45) is 11.3 Å². The number of nitrogens with one attached hydrogen (secondary N) is 7. The van der Waals surface area contributed by atoms with Crippen LogP contribution in [0.4, 0.5) is 5.69 Å². The molecule has 9 N–H and O–H groups in total. The van der Waals surface area contributed by atoms with Crippen molar-refractivity contribution < 1.29 is 53.4 Å². The van der Waals surface area contributed by atoms with Crippen molar-refractivity contribution in [2.45, 2.75) is 109 Å². The van der Waals surface area contributed by atoms with E-state index in [1.54, 1.807) is 65.1 Å². The van der Waals surface area contributed by atoms with E-state index >= 15 is 0 Å². The molecule has 20 heteroatoms. The standard InChI is InChI=1S/C46H61N9O11/c1-26(2)19-31-40(61)49-32(20-27-25-47-30-14-10-9-13-29(27)30)41(62)51-34(22-38(57)58)43(64)50-33(21-37(56)55-17-15-54(16-18-55)28-11-7-6-8-12-28)42(63)52-35(23-39(59)60)44(65)53-36(45(66)48-31)24-46(3,4)5/h6-14,25-26,31-36,47H,15-24H2,1-5H3,(H,48,66)(H,49,61)(H,50,64)(H,51,62)(H,52,63)(H,53,65)(H,57,58)(H,59,60). The predicted octanol–water partition coefficient (Wildman–Crippen LogP) is 0.803. The van der Waals surface area contributed by atoms with Crippen molar-refractivity contribution in [1.82, 2.24) is 41.8 Å². The van der Waals surface area contributed by atoms with E-state index in [-0.39, 0.29) is 38.3 Å². The van der Waals surface area contributed by atoms with Crippen LogP contribution >= 0.6 is 0 Å². The Bertz CT molecular complexity index is 2270. The molecular weight excluding hydrogens is 855 g/mol.